The van der Waals surface area contributed by atoms with E-state index < -0.39 is 10.8 Å². The number of rotatable bonds is 4. The van der Waals surface area contributed by atoms with E-state index in [2.05, 4.69) is 5.32 Å². The van der Waals surface area contributed by atoms with Crippen LogP contribution in [0, 0.1) is 10.1 Å². The van der Waals surface area contributed by atoms with E-state index in [-0.39, 0.29) is 16.4 Å². The summed E-state index contributed by atoms with van der Waals surface area (Å²) in [4.78, 5) is 22.2. The van der Waals surface area contributed by atoms with Crippen molar-refractivity contribution in [2.24, 2.45) is 0 Å². The second kappa shape index (κ2) is 6.56. The number of nitrogens with zero attached hydrogens (tertiary/aromatic N) is 1. The number of carbonyl (C=O) groups excluding carboxylic acids is 1. The van der Waals surface area contributed by atoms with Gasteiger partial charge in [0.05, 0.1) is 15.6 Å². The first-order chi connectivity index (χ1) is 10.0. The predicted molar refractivity (Wildman–Crippen MR) is 82.1 cm³/mol. The summed E-state index contributed by atoms with van der Waals surface area (Å²) >= 11 is 11.6. The van der Waals surface area contributed by atoms with Crippen molar-refractivity contribution in [1.29, 1.82) is 0 Å². The monoisotopic (exact) mass is 324 g/mol. The molecule has 1 N–H and O–H groups in total. The molecular formula is C14H10Cl2N2O3. The van der Waals surface area contributed by atoms with Gasteiger partial charge in [-0.3, -0.25) is 14.9 Å². The zero-order valence-corrected chi connectivity index (χ0v) is 12.2. The second-order valence-corrected chi connectivity index (χ2v) is 4.88. The van der Waals surface area contributed by atoms with Crippen LogP contribution in [0.4, 0.5) is 11.4 Å². The average molecular weight is 325 g/mol. The van der Waals surface area contributed by atoms with Crippen LogP contribution in [-0.2, 0) is 5.88 Å². The molecule has 0 aliphatic rings. The summed E-state index contributed by atoms with van der Waals surface area (Å²) in [5, 5.41) is 13.5. The second-order valence-electron chi connectivity index (χ2n) is 4.21. The normalized spacial score (nSPS) is 10.2. The van der Waals surface area contributed by atoms with Crippen molar-refractivity contribution in [3.8, 4) is 0 Å². The zero-order valence-electron chi connectivity index (χ0n) is 10.7. The first-order valence-electron chi connectivity index (χ1n) is 5.91. The molecule has 108 valence electrons. The molecule has 0 bridgehead atoms. The summed E-state index contributed by atoms with van der Waals surface area (Å²) in [6, 6.07) is 10.6. The van der Waals surface area contributed by atoms with E-state index in [1.807, 2.05) is 0 Å². The number of hydrogen-bond donors (Lipinski definition) is 1. The summed E-state index contributed by atoms with van der Waals surface area (Å²) in [7, 11) is 0. The topological polar surface area (TPSA) is 72.2 Å². The lowest BCUT2D eigenvalue weighted by molar-refractivity contribution is -0.384. The molecule has 0 heterocycles. The highest BCUT2D eigenvalue weighted by atomic mass is 35.5. The van der Waals surface area contributed by atoms with Gasteiger partial charge in [0.25, 0.3) is 11.6 Å². The maximum absolute atomic E-state index is 12.1. The lowest BCUT2D eigenvalue weighted by atomic mass is 10.1. The number of anilines is 1. The Morgan fingerprint density at radius 2 is 1.86 bits per heavy atom. The Hall–Kier alpha value is -2.11. The SMILES string of the molecule is O=C(Nc1cc([N+](=O)[O-])ccc1Cl)c1ccc(CCl)cc1. The van der Waals surface area contributed by atoms with Crippen molar-refractivity contribution in [2.45, 2.75) is 5.88 Å². The number of non-ortho nitro benzene ring substituents is 1. The minimum absolute atomic E-state index is 0.146. The molecule has 0 fully saturated rings. The molecular weight excluding hydrogens is 315 g/mol. The number of benzene rings is 2. The van der Waals surface area contributed by atoms with Crippen molar-refractivity contribution < 1.29 is 9.72 Å². The Bertz CT molecular complexity index is 687. The van der Waals surface area contributed by atoms with Crippen molar-refractivity contribution in [2.75, 3.05) is 5.32 Å². The van der Waals surface area contributed by atoms with Gasteiger partial charge in [-0.25, -0.2) is 0 Å². The molecule has 21 heavy (non-hydrogen) atoms. The van der Waals surface area contributed by atoms with E-state index >= 15 is 0 Å². The van der Waals surface area contributed by atoms with Crippen molar-refractivity contribution in [1.82, 2.24) is 0 Å². The molecule has 0 saturated carbocycles. The van der Waals surface area contributed by atoms with Crippen LogP contribution in [0.15, 0.2) is 42.5 Å². The predicted octanol–water partition coefficient (Wildman–Crippen LogP) is 4.24. The number of hydrogen-bond acceptors (Lipinski definition) is 3. The van der Waals surface area contributed by atoms with E-state index in [1.54, 1.807) is 24.3 Å². The van der Waals surface area contributed by atoms with Crippen LogP contribution in [0.2, 0.25) is 5.02 Å². The van der Waals surface area contributed by atoms with Gasteiger partial charge in [0, 0.05) is 23.6 Å². The highest BCUT2D eigenvalue weighted by molar-refractivity contribution is 6.34. The van der Waals surface area contributed by atoms with E-state index in [0.29, 0.717) is 11.4 Å². The molecule has 0 radical (unpaired) electrons. The highest BCUT2D eigenvalue weighted by Crippen LogP contribution is 2.27. The third-order valence-corrected chi connectivity index (χ3v) is 3.42. The molecule has 0 aliphatic heterocycles. The molecule has 0 aliphatic carbocycles. The molecule has 0 unspecified atom stereocenters. The molecule has 7 heteroatoms. The fraction of sp³-hybridized carbons (Fsp3) is 0.0714. The number of nitrogens with one attached hydrogen (secondary N) is 1. The van der Waals surface area contributed by atoms with Crippen LogP contribution < -0.4 is 5.32 Å². The minimum Gasteiger partial charge on any atom is -0.320 e. The maximum Gasteiger partial charge on any atom is 0.271 e. The smallest absolute Gasteiger partial charge is 0.271 e. The molecule has 2 aromatic rings. The number of nitro groups is 1. The van der Waals surface area contributed by atoms with E-state index in [0.717, 1.165) is 5.56 Å². The fourth-order valence-electron chi connectivity index (χ4n) is 1.66. The third-order valence-electron chi connectivity index (χ3n) is 2.78. The summed E-state index contributed by atoms with van der Waals surface area (Å²) in [5.41, 5.74) is 1.34. The molecule has 2 aromatic carbocycles. The summed E-state index contributed by atoms with van der Waals surface area (Å²) in [5.74, 6) is -0.0444. The average Bonchev–Trinajstić information content (AvgIpc) is 2.49. The number of halogens is 2. The summed E-state index contributed by atoms with van der Waals surface area (Å²) < 4.78 is 0. The molecule has 0 aromatic heterocycles. The van der Waals surface area contributed by atoms with Gasteiger partial charge >= 0.3 is 0 Å². The largest absolute Gasteiger partial charge is 0.320 e. The van der Waals surface area contributed by atoms with Gasteiger partial charge < -0.3 is 5.32 Å². The lowest BCUT2D eigenvalue weighted by Crippen LogP contribution is -2.12. The van der Waals surface area contributed by atoms with E-state index in [1.165, 1.54) is 18.2 Å². The van der Waals surface area contributed by atoms with E-state index in [4.69, 9.17) is 23.2 Å². The Balaban J connectivity index is 2.22. The van der Waals surface area contributed by atoms with Gasteiger partial charge in [-0.05, 0) is 23.8 Å². The highest BCUT2D eigenvalue weighted by Gasteiger charge is 2.13. The van der Waals surface area contributed by atoms with Crippen molar-refractivity contribution in [3.05, 3.63) is 68.7 Å². The first kappa shape index (κ1) is 15.3. The van der Waals surface area contributed by atoms with Crippen LogP contribution in [0.25, 0.3) is 0 Å². The van der Waals surface area contributed by atoms with Crippen LogP contribution in [-0.4, -0.2) is 10.8 Å². The van der Waals surface area contributed by atoms with Gasteiger partial charge in [-0.15, -0.1) is 11.6 Å². The summed E-state index contributed by atoms with van der Waals surface area (Å²) in [6.07, 6.45) is 0. The third kappa shape index (κ3) is 3.71. The van der Waals surface area contributed by atoms with Gasteiger partial charge in [0.2, 0.25) is 0 Å². The molecule has 0 spiro atoms. The van der Waals surface area contributed by atoms with Gasteiger partial charge in [0.15, 0.2) is 0 Å². The van der Waals surface area contributed by atoms with Gasteiger partial charge in [-0.1, -0.05) is 23.7 Å². The Morgan fingerprint density at radius 1 is 1.19 bits per heavy atom. The van der Waals surface area contributed by atoms with Crippen molar-refractivity contribution >= 4 is 40.5 Å². The number of amides is 1. The maximum atomic E-state index is 12.1. The molecule has 0 saturated heterocycles. The molecule has 2 rings (SSSR count). The number of carbonyl (C=O) groups is 1. The number of alkyl halides is 1. The number of nitro benzene ring substituents is 1. The lowest BCUT2D eigenvalue weighted by Gasteiger charge is -2.07. The first-order valence-corrected chi connectivity index (χ1v) is 6.82. The van der Waals surface area contributed by atoms with Crippen molar-refractivity contribution in [3.63, 3.8) is 0 Å². The summed E-state index contributed by atoms with van der Waals surface area (Å²) in [6.45, 7) is 0. The molecule has 0 atom stereocenters. The van der Waals surface area contributed by atoms with Crippen LogP contribution in [0.1, 0.15) is 15.9 Å². The van der Waals surface area contributed by atoms with E-state index in [9.17, 15) is 14.9 Å². The van der Waals surface area contributed by atoms with Crippen LogP contribution in [0.5, 0.6) is 0 Å². The van der Waals surface area contributed by atoms with Crippen LogP contribution in [0.3, 0.4) is 0 Å². The molecule has 1 amide bonds. The standard InChI is InChI=1S/C14H10Cl2N2O3/c15-8-9-1-3-10(4-2-9)14(19)17-13-7-11(18(20)21)5-6-12(13)16/h1-7H,8H2,(H,17,19). The Morgan fingerprint density at radius 3 is 2.43 bits per heavy atom. The fourth-order valence-corrected chi connectivity index (χ4v) is 2.01. The van der Waals surface area contributed by atoms with Gasteiger partial charge in [-0.2, -0.15) is 0 Å². The van der Waals surface area contributed by atoms with Gasteiger partial charge in [0.1, 0.15) is 0 Å². The minimum atomic E-state index is -0.554. The zero-order chi connectivity index (χ0) is 15.4. The Labute approximate surface area is 130 Å². The van der Waals surface area contributed by atoms with Crippen LogP contribution >= 0.6 is 23.2 Å². The Kier molecular flexibility index (Phi) is 4.77. The quantitative estimate of drug-likeness (QED) is 0.519. The molecule has 5 nitrogen and oxygen atoms in total.